The molecule has 0 saturated carbocycles. The first-order chi connectivity index (χ1) is 6.56. The second-order valence-electron chi connectivity index (χ2n) is 4.09. The van der Waals surface area contributed by atoms with Crippen LogP contribution in [0.4, 0.5) is 0 Å². The van der Waals surface area contributed by atoms with E-state index < -0.39 is 5.54 Å². The monoisotopic (exact) mass is 201 g/mol. The fourth-order valence-electron chi connectivity index (χ4n) is 1.19. The minimum atomic E-state index is -0.599. The molecule has 1 aliphatic heterocycles. The molecule has 4 heteroatoms. The summed E-state index contributed by atoms with van der Waals surface area (Å²) in [6.07, 6.45) is 1.65. The summed E-state index contributed by atoms with van der Waals surface area (Å²) in [5, 5.41) is 2.92. The van der Waals surface area contributed by atoms with Crippen LogP contribution in [0.2, 0.25) is 0 Å². The minimum absolute atomic E-state index is 0.0314. The van der Waals surface area contributed by atoms with Crippen molar-refractivity contribution in [1.29, 1.82) is 0 Å². The van der Waals surface area contributed by atoms with Gasteiger partial charge in [-0.3, -0.25) is 4.79 Å². The van der Waals surface area contributed by atoms with E-state index in [1.54, 1.807) is 7.05 Å². The molecule has 82 valence electrons. The molecule has 1 N–H and O–H groups in total. The number of nitrogens with one attached hydrogen (secondary N) is 1. The van der Waals surface area contributed by atoms with Crippen molar-refractivity contribution in [1.82, 2.24) is 5.32 Å². The van der Waals surface area contributed by atoms with Gasteiger partial charge in [0.15, 0.2) is 0 Å². The maximum Gasteiger partial charge on any atom is 0.326 e. The van der Waals surface area contributed by atoms with Crippen molar-refractivity contribution in [2.24, 2.45) is 0 Å². The molecule has 1 saturated heterocycles. The van der Waals surface area contributed by atoms with Crippen LogP contribution in [-0.2, 0) is 14.3 Å². The Labute approximate surface area is 85.0 Å². The Morgan fingerprint density at radius 3 is 2.50 bits per heavy atom. The fourth-order valence-corrected chi connectivity index (χ4v) is 1.19. The molecule has 0 bridgehead atoms. The summed E-state index contributed by atoms with van der Waals surface area (Å²) in [6, 6.07) is 0. The van der Waals surface area contributed by atoms with Crippen LogP contribution in [0.15, 0.2) is 0 Å². The SMILES string of the molecule is CNC(C)(C)C(=O)OC1CCOCC1. The second kappa shape index (κ2) is 4.75. The smallest absolute Gasteiger partial charge is 0.326 e. The molecule has 1 fully saturated rings. The largest absolute Gasteiger partial charge is 0.461 e. The zero-order valence-corrected chi connectivity index (χ0v) is 9.13. The Bertz CT molecular complexity index is 198. The minimum Gasteiger partial charge on any atom is -0.461 e. The predicted octanol–water partition coefficient (Wildman–Crippen LogP) is 0.707. The standard InChI is InChI=1S/C10H19NO3/c1-10(2,11-3)9(12)14-8-4-6-13-7-5-8/h8,11H,4-7H2,1-3H3. The number of rotatable bonds is 3. The van der Waals surface area contributed by atoms with E-state index >= 15 is 0 Å². The predicted molar refractivity (Wildman–Crippen MR) is 53.1 cm³/mol. The van der Waals surface area contributed by atoms with Gasteiger partial charge in [0, 0.05) is 12.8 Å². The average Bonchev–Trinajstić information content (AvgIpc) is 2.19. The maximum absolute atomic E-state index is 11.6. The highest BCUT2D eigenvalue weighted by atomic mass is 16.6. The molecule has 0 radical (unpaired) electrons. The lowest BCUT2D eigenvalue weighted by atomic mass is 10.1. The van der Waals surface area contributed by atoms with Crippen LogP contribution in [-0.4, -0.2) is 37.9 Å². The third-order valence-corrected chi connectivity index (χ3v) is 2.58. The van der Waals surface area contributed by atoms with Gasteiger partial charge in [-0.1, -0.05) is 0 Å². The van der Waals surface area contributed by atoms with Gasteiger partial charge in [0.05, 0.1) is 13.2 Å². The van der Waals surface area contributed by atoms with E-state index in [9.17, 15) is 4.79 Å². The van der Waals surface area contributed by atoms with Crippen LogP contribution in [0.5, 0.6) is 0 Å². The van der Waals surface area contributed by atoms with Crippen molar-refractivity contribution in [3.05, 3.63) is 0 Å². The van der Waals surface area contributed by atoms with Crippen molar-refractivity contribution < 1.29 is 14.3 Å². The van der Waals surface area contributed by atoms with Crippen LogP contribution in [0.3, 0.4) is 0 Å². The van der Waals surface area contributed by atoms with E-state index in [1.165, 1.54) is 0 Å². The molecular formula is C10H19NO3. The first-order valence-electron chi connectivity index (χ1n) is 5.04. The summed E-state index contributed by atoms with van der Waals surface area (Å²) in [5.41, 5.74) is -0.599. The molecule has 0 aromatic carbocycles. The number of ether oxygens (including phenoxy) is 2. The number of likely N-dealkylation sites (N-methyl/N-ethyl adjacent to an activating group) is 1. The average molecular weight is 201 g/mol. The molecule has 1 rings (SSSR count). The van der Waals surface area contributed by atoms with Crippen molar-refractivity contribution in [3.8, 4) is 0 Å². The van der Waals surface area contributed by atoms with Crippen molar-refractivity contribution in [2.45, 2.75) is 38.3 Å². The fraction of sp³-hybridized carbons (Fsp3) is 0.900. The third-order valence-electron chi connectivity index (χ3n) is 2.58. The lowest BCUT2D eigenvalue weighted by molar-refractivity contribution is -0.159. The number of esters is 1. The molecular weight excluding hydrogens is 182 g/mol. The summed E-state index contributed by atoms with van der Waals surface area (Å²) >= 11 is 0. The zero-order chi connectivity index (χ0) is 10.6. The van der Waals surface area contributed by atoms with E-state index in [0.717, 1.165) is 12.8 Å². The molecule has 14 heavy (non-hydrogen) atoms. The van der Waals surface area contributed by atoms with Gasteiger partial charge in [-0.2, -0.15) is 0 Å². The van der Waals surface area contributed by atoms with Gasteiger partial charge in [0.1, 0.15) is 11.6 Å². The summed E-state index contributed by atoms with van der Waals surface area (Å²) in [4.78, 5) is 11.6. The van der Waals surface area contributed by atoms with Gasteiger partial charge in [0.2, 0.25) is 0 Å². The first kappa shape index (κ1) is 11.5. The van der Waals surface area contributed by atoms with E-state index in [0.29, 0.717) is 13.2 Å². The Hall–Kier alpha value is -0.610. The molecule has 0 aliphatic carbocycles. The normalized spacial score (nSPS) is 19.4. The highest BCUT2D eigenvalue weighted by Gasteiger charge is 2.30. The van der Waals surface area contributed by atoms with Crippen LogP contribution < -0.4 is 5.32 Å². The molecule has 0 unspecified atom stereocenters. The Morgan fingerprint density at radius 2 is 2.00 bits per heavy atom. The van der Waals surface area contributed by atoms with E-state index in [1.807, 2.05) is 13.8 Å². The lowest BCUT2D eigenvalue weighted by Gasteiger charge is -2.27. The van der Waals surface area contributed by atoms with Crippen LogP contribution in [0.1, 0.15) is 26.7 Å². The van der Waals surface area contributed by atoms with Crippen molar-refractivity contribution >= 4 is 5.97 Å². The Morgan fingerprint density at radius 1 is 1.43 bits per heavy atom. The van der Waals surface area contributed by atoms with Gasteiger partial charge < -0.3 is 14.8 Å². The first-order valence-corrected chi connectivity index (χ1v) is 5.04. The molecule has 4 nitrogen and oxygen atoms in total. The third kappa shape index (κ3) is 2.96. The highest BCUT2D eigenvalue weighted by molar-refractivity contribution is 5.79. The van der Waals surface area contributed by atoms with Gasteiger partial charge in [-0.15, -0.1) is 0 Å². The Balaban J connectivity index is 2.39. The summed E-state index contributed by atoms with van der Waals surface area (Å²) in [7, 11) is 1.76. The van der Waals surface area contributed by atoms with E-state index in [2.05, 4.69) is 5.32 Å². The molecule has 1 heterocycles. The number of carbonyl (C=O) groups is 1. The van der Waals surface area contributed by atoms with E-state index in [-0.39, 0.29) is 12.1 Å². The van der Waals surface area contributed by atoms with Crippen molar-refractivity contribution in [3.63, 3.8) is 0 Å². The second-order valence-corrected chi connectivity index (χ2v) is 4.09. The van der Waals surface area contributed by atoms with E-state index in [4.69, 9.17) is 9.47 Å². The highest BCUT2D eigenvalue weighted by Crippen LogP contribution is 2.14. The van der Waals surface area contributed by atoms with Crippen LogP contribution in [0, 0.1) is 0 Å². The molecule has 0 spiro atoms. The number of hydrogen-bond acceptors (Lipinski definition) is 4. The summed E-state index contributed by atoms with van der Waals surface area (Å²) in [6.45, 7) is 5.01. The molecule has 0 aromatic heterocycles. The summed E-state index contributed by atoms with van der Waals surface area (Å²) < 4.78 is 10.6. The van der Waals surface area contributed by atoms with Gasteiger partial charge >= 0.3 is 5.97 Å². The van der Waals surface area contributed by atoms with Gasteiger partial charge in [-0.25, -0.2) is 0 Å². The lowest BCUT2D eigenvalue weighted by Crippen LogP contribution is -2.47. The summed E-state index contributed by atoms with van der Waals surface area (Å²) in [5.74, 6) is -0.188. The quantitative estimate of drug-likeness (QED) is 0.683. The molecule has 0 aromatic rings. The molecule has 0 amide bonds. The molecule has 0 atom stereocenters. The topological polar surface area (TPSA) is 47.6 Å². The van der Waals surface area contributed by atoms with Crippen LogP contribution in [0.25, 0.3) is 0 Å². The van der Waals surface area contributed by atoms with Crippen LogP contribution >= 0.6 is 0 Å². The van der Waals surface area contributed by atoms with Gasteiger partial charge in [0.25, 0.3) is 0 Å². The number of hydrogen-bond donors (Lipinski definition) is 1. The Kier molecular flexibility index (Phi) is 3.89. The zero-order valence-electron chi connectivity index (χ0n) is 9.13. The maximum atomic E-state index is 11.6. The number of carbonyl (C=O) groups excluding carboxylic acids is 1. The van der Waals surface area contributed by atoms with Gasteiger partial charge in [-0.05, 0) is 20.9 Å². The van der Waals surface area contributed by atoms with Crippen molar-refractivity contribution in [2.75, 3.05) is 20.3 Å². The molecule has 1 aliphatic rings.